The molecule has 0 N–H and O–H groups in total. The third-order valence-electron chi connectivity index (χ3n) is 7.30. The Morgan fingerprint density at radius 1 is 0.735 bits per heavy atom. The summed E-state index contributed by atoms with van der Waals surface area (Å²) in [5.74, 6) is -1.37. The molecule has 0 spiro atoms. The van der Waals surface area contributed by atoms with Crippen LogP contribution in [0.25, 0.3) is 0 Å². The van der Waals surface area contributed by atoms with Gasteiger partial charge in [-0.15, -0.1) is 0 Å². The average Bonchev–Trinajstić information content (AvgIpc) is 3.28. The van der Waals surface area contributed by atoms with Crippen molar-refractivity contribution in [3.05, 3.63) is 10.2 Å². The fourth-order valence-electron chi connectivity index (χ4n) is 5.59. The van der Waals surface area contributed by atoms with Crippen molar-refractivity contribution in [1.29, 1.82) is 0 Å². The summed E-state index contributed by atoms with van der Waals surface area (Å²) >= 11 is -2.26. The molecule has 0 aliphatic carbocycles. The van der Waals surface area contributed by atoms with Gasteiger partial charge in [-0.3, -0.25) is 0 Å². The fourth-order valence-corrected chi connectivity index (χ4v) is 19.9. The molecule has 0 aromatic carbocycles. The second-order valence-electron chi connectivity index (χ2n) is 11.3. The maximum atomic E-state index is 6.27. The van der Waals surface area contributed by atoms with Gasteiger partial charge in [0.15, 0.2) is 0 Å². The molecule has 3 rings (SSSR count). The summed E-state index contributed by atoms with van der Waals surface area (Å²) in [7, 11) is 0. The van der Waals surface area contributed by atoms with Crippen molar-refractivity contribution >= 4 is 18.4 Å². The fraction of sp³-hybridized carbons (Fsp3) is 0.926. The Kier molecular flexibility index (Phi) is 10.8. The predicted octanol–water partition coefficient (Wildman–Crippen LogP) is 6.34. The molecule has 3 heterocycles. The van der Waals surface area contributed by atoms with Gasteiger partial charge in [0.25, 0.3) is 0 Å². The molecular formula is C27H50O6Sn. The van der Waals surface area contributed by atoms with Crippen molar-refractivity contribution in [1.82, 2.24) is 0 Å². The van der Waals surface area contributed by atoms with E-state index in [0.717, 1.165) is 0 Å². The van der Waals surface area contributed by atoms with E-state index in [2.05, 4.69) is 30.9 Å². The second kappa shape index (κ2) is 12.7. The molecule has 0 unspecified atom stereocenters. The number of rotatable bonds is 14. The molecule has 34 heavy (non-hydrogen) atoms. The Morgan fingerprint density at radius 3 is 1.85 bits per heavy atom. The van der Waals surface area contributed by atoms with E-state index in [4.69, 9.17) is 28.4 Å². The Bertz CT molecular complexity index is 629. The van der Waals surface area contributed by atoms with Gasteiger partial charge >= 0.3 is 213 Å². The Hall–Kier alpha value is 0.299. The van der Waals surface area contributed by atoms with Crippen LogP contribution in [0.3, 0.4) is 0 Å². The Labute approximate surface area is 212 Å². The SMILES string of the molecule is CCC[CH2][Sn](/[CH]=C/COC[C@H]1O[C@@H]2OC(C)(C)O[C@@H]2[C@H]2OC(C)(C)O[C@H]21)([CH2]CCC)[CH2]CCC. The summed E-state index contributed by atoms with van der Waals surface area (Å²) in [5.41, 5.74) is 0. The number of ether oxygens (including phenoxy) is 6. The van der Waals surface area contributed by atoms with Crippen molar-refractivity contribution in [3.63, 3.8) is 0 Å². The van der Waals surface area contributed by atoms with Crippen LogP contribution in [-0.4, -0.2) is 73.9 Å². The topological polar surface area (TPSA) is 55.4 Å². The van der Waals surface area contributed by atoms with Crippen LogP contribution in [0.4, 0.5) is 0 Å². The minimum atomic E-state index is -2.26. The quantitative estimate of drug-likeness (QED) is 0.174. The van der Waals surface area contributed by atoms with Gasteiger partial charge < -0.3 is 0 Å². The van der Waals surface area contributed by atoms with Crippen LogP contribution in [0.1, 0.15) is 87.0 Å². The summed E-state index contributed by atoms with van der Waals surface area (Å²) in [4.78, 5) is 0. The summed E-state index contributed by atoms with van der Waals surface area (Å²) in [5, 5.41) is 0. The number of hydrogen-bond acceptors (Lipinski definition) is 6. The molecule has 0 bridgehead atoms. The first-order valence-electron chi connectivity index (χ1n) is 13.8. The molecule has 3 saturated heterocycles. The molecule has 3 aliphatic heterocycles. The van der Waals surface area contributed by atoms with Crippen LogP contribution in [0.5, 0.6) is 0 Å². The van der Waals surface area contributed by atoms with Gasteiger partial charge in [0.05, 0.1) is 0 Å². The van der Waals surface area contributed by atoms with Gasteiger partial charge in [0.1, 0.15) is 0 Å². The van der Waals surface area contributed by atoms with Gasteiger partial charge in [0, 0.05) is 0 Å². The van der Waals surface area contributed by atoms with Crippen molar-refractivity contribution in [2.45, 2.75) is 143 Å². The van der Waals surface area contributed by atoms with Crippen molar-refractivity contribution in [3.8, 4) is 0 Å². The molecule has 198 valence electrons. The zero-order chi connectivity index (χ0) is 24.8. The third kappa shape index (κ3) is 7.65. The van der Waals surface area contributed by atoms with E-state index in [1.165, 1.54) is 51.8 Å². The molecule has 0 radical (unpaired) electrons. The van der Waals surface area contributed by atoms with E-state index < -0.39 is 36.2 Å². The van der Waals surface area contributed by atoms with Gasteiger partial charge in [0.2, 0.25) is 0 Å². The van der Waals surface area contributed by atoms with Crippen LogP contribution in [0.15, 0.2) is 10.2 Å². The summed E-state index contributed by atoms with van der Waals surface area (Å²) in [6.45, 7) is 15.8. The third-order valence-corrected chi connectivity index (χ3v) is 21.5. The number of fused-ring (bicyclic) bond motifs is 3. The average molecular weight is 589 g/mol. The zero-order valence-corrected chi connectivity index (χ0v) is 25.6. The van der Waals surface area contributed by atoms with Gasteiger partial charge in [-0.05, 0) is 0 Å². The molecule has 7 heteroatoms. The molecule has 3 fully saturated rings. The molecule has 0 aromatic heterocycles. The van der Waals surface area contributed by atoms with Crippen molar-refractivity contribution in [2.24, 2.45) is 0 Å². The van der Waals surface area contributed by atoms with Crippen molar-refractivity contribution < 1.29 is 28.4 Å². The second-order valence-corrected chi connectivity index (χ2v) is 24.3. The molecule has 6 nitrogen and oxygen atoms in total. The molecule has 3 aliphatic rings. The molecule has 0 amide bonds. The van der Waals surface area contributed by atoms with E-state index >= 15 is 0 Å². The van der Waals surface area contributed by atoms with E-state index in [-0.39, 0.29) is 24.4 Å². The number of unbranched alkanes of at least 4 members (excludes halogenated alkanes) is 3. The monoisotopic (exact) mass is 590 g/mol. The molecule has 5 atom stereocenters. The van der Waals surface area contributed by atoms with Crippen LogP contribution >= 0.6 is 0 Å². The molecular weight excluding hydrogens is 539 g/mol. The predicted molar refractivity (Wildman–Crippen MR) is 137 cm³/mol. The van der Waals surface area contributed by atoms with E-state index in [0.29, 0.717) is 13.2 Å². The van der Waals surface area contributed by atoms with Gasteiger partial charge in [-0.1, -0.05) is 0 Å². The molecule has 0 aromatic rings. The van der Waals surface area contributed by atoms with E-state index in [1.54, 1.807) is 0 Å². The van der Waals surface area contributed by atoms with Crippen LogP contribution < -0.4 is 0 Å². The zero-order valence-electron chi connectivity index (χ0n) is 22.8. The van der Waals surface area contributed by atoms with E-state index in [1.807, 2.05) is 27.7 Å². The number of hydrogen-bond donors (Lipinski definition) is 0. The first kappa shape index (κ1) is 28.9. The first-order chi connectivity index (χ1) is 16.1. The van der Waals surface area contributed by atoms with E-state index in [9.17, 15) is 0 Å². The van der Waals surface area contributed by atoms with Crippen LogP contribution in [-0.2, 0) is 28.4 Å². The summed E-state index contributed by atoms with van der Waals surface area (Å²) < 4.78 is 44.0. The first-order valence-corrected chi connectivity index (χ1v) is 21.5. The van der Waals surface area contributed by atoms with Gasteiger partial charge in [-0.25, -0.2) is 0 Å². The molecule has 0 saturated carbocycles. The minimum absolute atomic E-state index is 0.222. The Balaban J connectivity index is 1.59. The van der Waals surface area contributed by atoms with Crippen LogP contribution in [0.2, 0.25) is 13.3 Å². The summed E-state index contributed by atoms with van der Waals surface area (Å²) in [6.07, 6.45) is 8.91. The maximum absolute atomic E-state index is 6.27. The standard InChI is InChI=1S/C15H23O6.3C4H9.Sn/c1-6-7-16-8-9-10-11(19-14(2,3)18-10)12-13(17-9)21-15(4,5)20-12;3*1-3-4-2;/h1,6,9-13H,7-8H2,2-5H3;3*1,3-4H2,2H3;/t9-,10+,11+,12-,13-;;;;/m1..../s1. The van der Waals surface area contributed by atoms with Gasteiger partial charge in [-0.2, -0.15) is 0 Å². The van der Waals surface area contributed by atoms with Crippen LogP contribution in [0, 0.1) is 0 Å². The van der Waals surface area contributed by atoms with Crippen molar-refractivity contribution in [2.75, 3.05) is 13.2 Å². The Morgan fingerprint density at radius 2 is 1.26 bits per heavy atom. The normalized spacial score (nSPS) is 32.3. The summed E-state index contributed by atoms with van der Waals surface area (Å²) in [6, 6.07) is 0.